The zero-order valence-corrected chi connectivity index (χ0v) is 12.6. The maximum absolute atomic E-state index is 12.2. The molecule has 0 aliphatic carbocycles. The zero-order valence-electron chi connectivity index (χ0n) is 10.3. The van der Waals surface area contributed by atoms with E-state index in [0.717, 1.165) is 23.0 Å². The summed E-state index contributed by atoms with van der Waals surface area (Å²) in [6.45, 7) is 0.751. The van der Waals surface area contributed by atoms with Crippen LogP contribution in [0, 0.1) is 0 Å². The molecule has 3 rings (SSSR count). The number of amides is 1. The van der Waals surface area contributed by atoms with Gasteiger partial charge < -0.3 is 4.90 Å². The molecule has 0 N–H and O–H groups in total. The van der Waals surface area contributed by atoms with E-state index in [1.165, 1.54) is 0 Å². The number of likely N-dealkylation sites (tertiary alicyclic amines) is 1. The molecule has 100 valence electrons. The molecule has 0 saturated carbocycles. The molecule has 3 heterocycles. The third kappa shape index (κ3) is 2.03. The Balaban J connectivity index is 2.19. The number of aromatic nitrogens is 3. The van der Waals surface area contributed by atoms with Crippen LogP contribution in [0.2, 0.25) is 0 Å². The van der Waals surface area contributed by atoms with Crippen molar-refractivity contribution in [2.45, 2.75) is 18.3 Å². The minimum atomic E-state index is -0.238. The number of rotatable bonds is 2. The molecule has 1 saturated heterocycles. The minimum absolute atomic E-state index is 0.0929. The third-order valence-electron chi connectivity index (χ3n) is 3.40. The van der Waals surface area contributed by atoms with Gasteiger partial charge >= 0.3 is 0 Å². The molecule has 1 aliphatic rings. The summed E-state index contributed by atoms with van der Waals surface area (Å²) in [4.78, 5) is 22.8. The van der Waals surface area contributed by atoms with Crippen LogP contribution in [0.5, 0.6) is 0 Å². The molecule has 2 aromatic rings. The normalized spacial score (nSPS) is 19.6. The number of alkyl halides is 1. The summed E-state index contributed by atoms with van der Waals surface area (Å²) in [5.74, 6) is 1.05. The van der Waals surface area contributed by atoms with Crippen molar-refractivity contribution in [1.82, 2.24) is 19.4 Å². The van der Waals surface area contributed by atoms with Crippen molar-refractivity contribution in [3.8, 4) is 0 Å². The fourth-order valence-electron chi connectivity index (χ4n) is 2.47. The van der Waals surface area contributed by atoms with E-state index in [1.54, 1.807) is 11.1 Å². The maximum atomic E-state index is 12.2. The molecule has 0 radical (unpaired) electrons. The smallest absolute Gasteiger partial charge is 0.245 e. The van der Waals surface area contributed by atoms with Crippen molar-refractivity contribution in [2.24, 2.45) is 0 Å². The summed E-state index contributed by atoms with van der Waals surface area (Å²) in [5.41, 5.74) is 1.47. The van der Waals surface area contributed by atoms with Gasteiger partial charge in [-0.1, -0.05) is 0 Å². The van der Waals surface area contributed by atoms with Gasteiger partial charge in [0.25, 0.3) is 0 Å². The highest BCUT2D eigenvalue weighted by Crippen LogP contribution is 2.29. The van der Waals surface area contributed by atoms with Gasteiger partial charge in [0.05, 0.1) is 5.88 Å². The van der Waals surface area contributed by atoms with Crippen LogP contribution < -0.4 is 0 Å². The van der Waals surface area contributed by atoms with E-state index >= 15 is 0 Å². The lowest BCUT2D eigenvalue weighted by Gasteiger charge is -2.14. The van der Waals surface area contributed by atoms with Crippen LogP contribution in [0.4, 0.5) is 0 Å². The second-order valence-corrected chi connectivity index (χ2v) is 5.78. The SMILES string of the molecule is CN1CCC(n2c(CCl)nc3cc(Br)cnc32)C1=O. The molecular formula is C12H12BrClN4O. The predicted molar refractivity (Wildman–Crippen MR) is 76.1 cm³/mol. The van der Waals surface area contributed by atoms with E-state index < -0.39 is 0 Å². The van der Waals surface area contributed by atoms with Crippen molar-refractivity contribution in [3.05, 3.63) is 22.6 Å². The van der Waals surface area contributed by atoms with Gasteiger partial charge in [-0.2, -0.15) is 0 Å². The van der Waals surface area contributed by atoms with Gasteiger partial charge in [0.1, 0.15) is 17.4 Å². The summed E-state index contributed by atoms with van der Waals surface area (Å²) in [6.07, 6.45) is 2.48. The second-order valence-electron chi connectivity index (χ2n) is 4.59. The van der Waals surface area contributed by atoms with Crippen LogP contribution >= 0.6 is 27.5 Å². The number of hydrogen-bond acceptors (Lipinski definition) is 3. The van der Waals surface area contributed by atoms with Crippen LogP contribution in [0.3, 0.4) is 0 Å². The quantitative estimate of drug-likeness (QED) is 0.787. The molecule has 2 aromatic heterocycles. The van der Waals surface area contributed by atoms with Gasteiger partial charge in [0, 0.05) is 24.3 Å². The Labute approximate surface area is 123 Å². The highest BCUT2D eigenvalue weighted by molar-refractivity contribution is 9.10. The van der Waals surface area contributed by atoms with E-state index in [0.29, 0.717) is 11.5 Å². The highest BCUT2D eigenvalue weighted by Gasteiger charge is 2.33. The van der Waals surface area contributed by atoms with E-state index in [9.17, 15) is 4.79 Å². The minimum Gasteiger partial charge on any atom is -0.344 e. The maximum Gasteiger partial charge on any atom is 0.245 e. The van der Waals surface area contributed by atoms with Gasteiger partial charge in [-0.3, -0.25) is 9.36 Å². The Morgan fingerprint density at radius 1 is 1.58 bits per heavy atom. The fourth-order valence-corrected chi connectivity index (χ4v) is 2.98. The number of nitrogens with zero attached hydrogens (tertiary/aromatic N) is 4. The molecular weight excluding hydrogens is 332 g/mol. The molecule has 1 fully saturated rings. The molecule has 7 heteroatoms. The molecule has 5 nitrogen and oxygen atoms in total. The lowest BCUT2D eigenvalue weighted by molar-refractivity contribution is -0.129. The zero-order chi connectivity index (χ0) is 13.6. The van der Waals surface area contributed by atoms with Crippen LogP contribution in [-0.4, -0.2) is 38.9 Å². The topological polar surface area (TPSA) is 51.0 Å². The summed E-state index contributed by atoms with van der Waals surface area (Å²) in [5, 5.41) is 0. The standard InChI is InChI=1S/C12H12BrClN4O/c1-17-3-2-9(12(17)19)18-10(5-14)16-8-4-7(13)6-15-11(8)18/h4,6,9H,2-3,5H2,1H3. The lowest BCUT2D eigenvalue weighted by atomic mass is 10.2. The summed E-state index contributed by atoms with van der Waals surface area (Å²) >= 11 is 9.33. The number of carbonyl (C=O) groups excluding carboxylic acids is 1. The fraction of sp³-hybridized carbons (Fsp3) is 0.417. The van der Waals surface area contributed by atoms with Crippen LogP contribution in [-0.2, 0) is 10.7 Å². The van der Waals surface area contributed by atoms with Crippen LogP contribution in [0.25, 0.3) is 11.2 Å². The first-order valence-corrected chi connectivity index (χ1v) is 7.28. The number of fused-ring (bicyclic) bond motifs is 1. The Kier molecular flexibility index (Phi) is 3.22. The Morgan fingerprint density at radius 2 is 2.37 bits per heavy atom. The molecule has 0 aromatic carbocycles. The van der Waals surface area contributed by atoms with E-state index in [-0.39, 0.29) is 17.8 Å². The lowest BCUT2D eigenvalue weighted by Crippen LogP contribution is -2.25. The predicted octanol–water partition coefficient (Wildman–Crippen LogP) is 2.34. The number of halogens is 2. The Bertz CT molecular complexity index is 656. The molecule has 0 spiro atoms. The molecule has 1 unspecified atom stereocenters. The van der Waals surface area contributed by atoms with Gasteiger partial charge in [0.2, 0.25) is 5.91 Å². The number of hydrogen-bond donors (Lipinski definition) is 0. The molecule has 0 bridgehead atoms. The van der Waals surface area contributed by atoms with Crippen molar-refractivity contribution in [1.29, 1.82) is 0 Å². The van der Waals surface area contributed by atoms with Gasteiger partial charge in [0.15, 0.2) is 5.65 Å². The van der Waals surface area contributed by atoms with Crippen molar-refractivity contribution >= 4 is 44.6 Å². The van der Waals surface area contributed by atoms with E-state index in [1.807, 2.05) is 17.7 Å². The highest BCUT2D eigenvalue weighted by atomic mass is 79.9. The first-order valence-electron chi connectivity index (χ1n) is 5.95. The molecule has 1 amide bonds. The van der Waals surface area contributed by atoms with Crippen molar-refractivity contribution in [3.63, 3.8) is 0 Å². The molecule has 19 heavy (non-hydrogen) atoms. The number of imidazole rings is 1. The van der Waals surface area contributed by atoms with Gasteiger partial charge in [-0.25, -0.2) is 9.97 Å². The number of likely N-dealkylation sites (N-methyl/N-ethyl adjacent to an activating group) is 1. The third-order valence-corrected chi connectivity index (χ3v) is 4.07. The Morgan fingerprint density at radius 3 is 3.00 bits per heavy atom. The molecule has 1 atom stereocenters. The first kappa shape index (κ1) is 12.9. The second kappa shape index (κ2) is 4.76. The van der Waals surface area contributed by atoms with Crippen molar-refractivity contribution < 1.29 is 4.79 Å². The Hall–Kier alpha value is -1.14. The summed E-state index contributed by atoms with van der Waals surface area (Å²) < 4.78 is 2.74. The number of pyridine rings is 1. The summed E-state index contributed by atoms with van der Waals surface area (Å²) in [6, 6.07) is 1.65. The summed E-state index contributed by atoms with van der Waals surface area (Å²) in [7, 11) is 1.81. The number of carbonyl (C=O) groups is 1. The largest absolute Gasteiger partial charge is 0.344 e. The van der Waals surface area contributed by atoms with Gasteiger partial charge in [-0.15, -0.1) is 11.6 Å². The monoisotopic (exact) mass is 342 g/mol. The van der Waals surface area contributed by atoms with Crippen LogP contribution in [0.1, 0.15) is 18.3 Å². The van der Waals surface area contributed by atoms with Gasteiger partial charge in [-0.05, 0) is 28.4 Å². The van der Waals surface area contributed by atoms with Crippen LogP contribution in [0.15, 0.2) is 16.7 Å². The van der Waals surface area contributed by atoms with E-state index in [4.69, 9.17) is 11.6 Å². The average Bonchev–Trinajstić information content (AvgIpc) is 2.90. The van der Waals surface area contributed by atoms with Crippen molar-refractivity contribution in [2.75, 3.05) is 13.6 Å². The van der Waals surface area contributed by atoms with E-state index in [2.05, 4.69) is 25.9 Å². The average molecular weight is 344 g/mol. The molecule has 1 aliphatic heterocycles. The first-order chi connectivity index (χ1) is 9.11.